The highest BCUT2D eigenvalue weighted by molar-refractivity contribution is 4.95. The Hall–Kier alpha value is -1.23. The highest BCUT2D eigenvalue weighted by Crippen LogP contribution is 2.00. The van der Waals surface area contributed by atoms with E-state index >= 15 is 0 Å². The second-order valence-corrected chi connectivity index (χ2v) is 2.81. The molecular formula is C8H12FN3O. The highest BCUT2D eigenvalue weighted by Gasteiger charge is 1.98. The molecule has 1 aromatic heterocycles. The molecule has 0 aliphatic carbocycles. The minimum absolute atomic E-state index is 0.0850. The summed E-state index contributed by atoms with van der Waals surface area (Å²) in [4.78, 5) is 9.15. The standard InChI is InChI=1S/C8H12FN3O/c1-12(2)5-6-13-8-10-4-3-7(9)11-8/h3-4H,5-6H2,1-2H3. The molecule has 0 aliphatic heterocycles. The molecule has 1 heterocycles. The summed E-state index contributed by atoms with van der Waals surface area (Å²) >= 11 is 0. The van der Waals surface area contributed by atoms with Gasteiger partial charge in [-0.15, -0.1) is 0 Å². The summed E-state index contributed by atoms with van der Waals surface area (Å²) < 4.78 is 17.6. The predicted molar refractivity (Wildman–Crippen MR) is 46.0 cm³/mol. The number of halogens is 1. The molecule has 0 aromatic carbocycles. The van der Waals surface area contributed by atoms with Crippen molar-refractivity contribution in [2.75, 3.05) is 27.2 Å². The molecule has 1 aromatic rings. The molecule has 4 nitrogen and oxygen atoms in total. The number of hydrogen-bond acceptors (Lipinski definition) is 4. The summed E-state index contributed by atoms with van der Waals surface area (Å²) in [5.41, 5.74) is 0. The normalized spacial score (nSPS) is 10.5. The molecule has 0 unspecified atom stereocenters. The van der Waals surface area contributed by atoms with E-state index in [2.05, 4.69) is 9.97 Å². The summed E-state index contributed by atoms with van der Waals surface area (Å²) in [6.07, 6.45) is 1.33. The molecule has 0 fully saturated rings. The number of rotatable bonds is 4. The zero-order valence-electron chi connectivity index (χ0n) is 7.70. The zero-order valence-corrected chi connectivity index (χ0v) is 7.70. The van der Waals surface area contributed by atoms with Gasteiger partial charge in [0.25, 0.3) is 0 Å². The molecule has 0 bridgehead atoms. The SMILES string of the molecule is CN(C)CCOc1nccc(F)n1. The summed E-state index contributed by atoms with van der Waals surface area (Å²) in [6.45, 7) is 1.20. The fraction of sp³-hybridized carbons (Fsp3) is 0.500. The van der Waals surface area contributed by atoms with Crippen LogP contribution in [0.4, 0.5) is 4.39 Å². The Morgan fingerprint density at radius 3 is 2.92 bits per heavy atom. The van der Waals surface area contributed by atoms with Crippen molar-refractivity contribution in [1.82, 2.24) is 14.9 Å². The van der Waals surface area contributed by atoms with Crippen molar-refractivity contribution in [2.45, 2.75) is 0 Å². The smallest absolute Gasteiger partial charge is 0.319 e. The van der Waals surface area contributed by atoms with Crippen LogP contribution < -0.4 is 4.74 Å². The van der Waals surface area contributed by atoms with Gasteiger partial charge < -0.3 is 9.64 Å². The fourth-order valence-electron chi connectivity index (χ4n) is 0.709. The summed E-state index contributed by atoms with van der Waals surface area (Å²) in [5.74, 6) is -0.574. The highest BCUT2D eigenvalue weighted by atomic mass is 19.1. The Bertz CT molecular complexity index is 267. The van der Waals surface area contributed by atoms with Gasteiger partial charge in [-0.2, -0.15) is 9.37 Å². The Labute approximate surface area is 76.4 Å². The lowest BCUT2D eigenvalue weighted by Gasteiger charge is -2.09. The molecule has 0 spiro atoms. The van der Waals surface area contributed by atoms with E-state index in [9.17, 15) is 4.39 Å². The first-order valence-corrected chi connectivity index (χ1v) is 3.94. The average molecular weight is 185 g/mol. The van der Waals surface area contributed by atoms with Gasteiger partial charge in [0, 0.05) is 18.8 Å². The van der Waals surface area contributed by atoms with Crippen molar-refractivity contribution in [2.24, 2.45) is 0 Å². The maximum Gasteiger partial charge on any atom is 0.319 e. The van der Waals surface area contributed by atoms with Crippen LogP contribution in [-0.2, 0) is 0 Å². The van der Waals surface area contributed by atoms with E-state index in [-0.39, 0.29) is 6.01 Å². The molecular weight excluding hydrogens is 173 g/mol. The van der Waals surface area contributed by atoms with Crippen LogP contribution in [0, 0.1) is 5.95 Å². The van der Waals surface area contributed by atoms with Crippen LogP contribution in [0.15, 0.2) is 12.3 Å². The van der Waals surface area contributed by atoms with Gasteiger partial charge in [-0.25, -0.2) is 4.98 Å². The minimum atomic E-state index is -0.574. The summed E-state index contributed by atoms with van der Waals surface area (Å²) in [6, 6.07) is 1.26. The van der Waals surface area contributed by atoms with E-state index in [1.54, 1.807) is 0 Å². The average Bonchev–Trinajstić information content (AvgIpc) is 2.03. The molecule has 13 heavy (non-hydrogen) atoms. The molecule has 1 rings (SSSR count). The van der Waals surface area contributed by atoms with Gasteiger partial charge in [0.15, 0.2) is 0 Å². The molecule has 0 amide bonds. The van der Waals surface area contributed by atoms with Crippen LogP contribution in [0.5, 0.6) is 6.01 Å². The lowest BCUT2D eigenvalue weighted by Crippen LogP contribution is -2.20. The Morgan fingerprint density at radius 2 is 2.31 bits per heavy atom. The number of ether oxygens (including phenoxy) is 1. The molecule has 0 radical (unpaired) electrons. The van der Waals surface area contributed by atoms with E-state index in [0.717, 1.165) is 6.54 Å². The Kier molecular flexibility index (Phi) is 3.57. The lowest BCUT2D eigenvalue weighted by molar-refractivity contribution is 0.242. The monoisotopic (exact) mass is 185 g/mol. The van der Waals surface area contributed by atoms with Crippen LogP contribution in [0.3, 0.4) is 0 Å². The van der Waals surface area contributed by atoms with E-state index in [1.165, 1.54) is 12.3 Å². The molecule has 0 aliphatic rings. The molecule has 72 valence electrons. The van der Waals surface area contributed by atoms with Gasteiger partial charge in [0.1, 0.15) is 6.61 Å². The summed E-state index contributed by atoms with van der Waals surface area (Å²) in [7, 11) is 3.85. The van der Waals surface area contributed by atoms with E-state index < -0.39 is 5.95 Å². The fourth-order valence-corrected chi connectivity index (χ4v) is 0.709. The zero-order chi connectivity index (χ0) is 9.68. The van der Waals surface area contributed by atoms with Crippen LogP contribution in [0.25, 0.3) is 0 Å². The molecule has 0 N–H and O–H groups in total. The van der Waals surface area contributed by atoms with Crippen molar-refractivity contribution < 1.29 is 9.13 Å². The number of likely N-dealkylation sites (N-methyl/N-ethyl adjacent to an activating group) is 1. The first-order valence-electron chi connectivity index (χ1n) is 3.94. The topological polar surface area (TPSA) is 38.2 Å². The van der Waals surface area contributed by atoms with Gasteiger partial charge in [-0.3, -0.25) is 0 Å². The molecule has 0 atom stereocenters. The van der Waals surface area contributed by atoms with E-state index in [1.807, 2.05) is 19.0 Å². The van der Waals surface area contributed by atoms with Gasteiger partial charge in [-0.1, -0.05) is 0 Å². The Morgan fingerprint density at radius 1 is 1.54 bits per heavy atom. The second kappa shape index (κ2) is 4.71. The van der Waals surface area contributed by atoms with Gasteiger partial charge >= 0.3 is 6.01 Å². The molecule has 5 heteroatoms. The van der Waals surface area contributed by atoms with Gasteiger partial charge in [-0.05, 0) is 14.1 Å². The minimum Gasteiger partial charge on any atom is -0.462 e. The third-order valence-electron chi connectivity index (χ3n) is 1.37. The van der Waals surface area contributed by atoms with E-state index in [4.69, 9.17) is 4.74 Å². The third kappa shape index (κ3) is 3.80. The first kappa shape index (κ1) is 9.85. The third-order valence-corrected chi connectivity index (χ3v) is 1.37. The quantitative estimate of drug-likeness (QED) is 0.642. The maximum atomic E-state index is 12.5. The van der Waals surface area contributed by atoms with Crippen molar-refractivity contribution in [1.29, 1.82) is 0 Å². The number of aromatic nitrogens is 2. The lowest BCUT2D eigenvalue weighted by atomic mass is 10.6. The molecule has 0 saturated heterocycles. The largest absolute Gasteiger partial charge is 0.462 e. The van der Waals surface area contributed by atoms with Gasteiger partial charge in [0.2, 0.25) is 5.95 Å². The molecule has 0 saturated carbocycles. The van der Waals surface area contributed by atoms with Crippen molar-refractivity contribution >= 4 is 0 Å². The Balaban J connectivity index is 2.37. The summed E-state index contributed by atoms with van der Waals surface area (Å²) in [5, 5.41) is 0. The van der Waals surface area contributed by atoms with Crippen molar-refractivity contribution in [3.63, 3.8) is 0 Å². The maximum absolute atomic E-state index is 12.5. The van der Waals surface area contributed by atoms with Crippen molar-refractivity contribution in [3.05, 3.63) is 18.2 Å². The first-order chi connectivity index (χ1) is 6.18. The van der Waals surface area contributed by atoms with Crippen molar-refractivity contribution in [3.8, 4) is 6.01 Å². The predicted octanol–water partition coefficient (Wildman–Crippen LogP) is 0.556. The number of hydrogen-bond donors (Lipinski definition) is 0. The second-order valence-electron chi connectivity index (χ2n) is 2.81. The van der Waals surface area contributed by atoms with Gasteiger partial charge in [0.05, 0.1) is 0 Å². The number of nitrogens with zero attached hydrogens (tertiary/aromatic N) is 3. The van der Waals surface area contributed by atoms with E-state index in [0.29, 0.717) is 6.61 Å². The van der Waals surface area contributed by atoms with Crippen LogP contribution >= 0.6 is 0 Å². The van der Waals surface area contributed by atoms with Crippen LogP contribution in [0.1, 0.15) is 0 Å². The van der Waals surface area contributed by atoms with Crippen LogP contribution in [-0.4, -0.2) is 42.1 Å². The van der Waals surface area contributed by atoms with Crippen LogP contribution in [0.2, 0.25) is 0 Å².